The predicted molar refractivity (Wildman–Crippen MR) is 104 cm³/mol. The van der Waals surface area contributed by atoms with Gasteiger partial charge in [0.05, 0.1) is 18.0 Å². The van der Waals surface area contributed by atoms with E-state index in [1.807, 2.05) is 30.3 Å². The molecule has 0 aliphatic rings. The largest absolute Gasteiger partial charge is 0.492 e. The topological polar surface area (TPSA) is 84.9 Å². The van der Waals surface area contributed by atoms with Gasteiger partial charge in [-0.2, -0.15) is 0 Å². The van der Waals surface area contributed by atoms with E-state index in [4.69, 9.17) is 9.47 Å². The molecule has 8 heteroatoms. The van der Waals surface area contributed by atoms with Crippen molar-refractivity contribution in [2.45, 2.75) is 4.90 Å². The Morgan fingerprint density at radius 2 is 1.63 bits per heavy atom. The van der Waals surface area contributed by atoms with Crippen molar-refractivity contribution in [2.75, 3.05) is 45.0 Å². The summed E-state index contributed by atoms with van der Waals surface area (Å²) in [5.74, 6) is 0.539. The number of hydrogen-bond donors (Lipinski definition) is 1. The van der Waals surface area contributed by atoms with Gasteiger partial charge in [-0.1, -0.05) is 18.2 Å². The van der Waals surface area contributed by atoms with Crippen LogP contribution in [0, 0.1) is 0 Å². The average Bonchev–Trinajstić information content (AvgIpc) is 2.65. The zero-order valence-corrected chi connectivity index (χ0v) is 16.2. The lowest BCUT2D eigenvalue weighted by atomic mass is 10.3. The molecule has 146 valence electrons. The summed E-state index contributed by atoms with van der Waals surface area (Å²) in [6.07, 6.45) is 1.15. The van der Waals surface area contributed by atoms with E-state index >= 15 is 0 Å². The minimum atomic E-state index is -3.24. The van der Waals surface area contributed by atoms with Crippen LogP contribution in [0.2, 0.25) is 0 Å². The molecule has 2 aromatic rings. The molecule has 0 saturated carbocycles. The monoisotopic (exact) mass is 392 g/mol. The van der Waals surface area contributed by atoms with Crippen molar-refractivity contribution in [1.82, 2.24) is 4.90 Å². The van der Waals surface area contributed by atoms with Crippen LogP contribution in [0.3, 0.4) is 0 Å². The number of para-hydroxylation sites is 1. The first-order chi connectivity index (χ1) is 12.9. The average molecular weight is 392 g/mol. The minimum Gasteiger partial charge on any atom is -0.492 e. The number of ether oxygens (including phenoxy) is 2. The molecule has 27 heavy (non-hydrogen) atoms. The van der Waals surface area contributed by atoms with Crippen LogP contribution in [-0.2, 0) is 14.6 Å². The molecule has 0 atom stereocenters. The van der Waals surface area contributed by atoms with Crippen molar-refractivity contribution < 1.29 is 22.7 Å². The maximum Gasteiger partial charge on any atom is 0.322 e. The van der Waals surface area contributed by atoms with Crippen molar-refractivity contribution in [1.29, 1.82) is 0 Å². The quantitative estimate of drug-likeness (QED) is 0.709. The van der Waals surface area contributed by atoms with Gasteiger partial charge in [0.15, 0.2) is 9.84 Å². The van der Waals surface area contributed by atoms with Gasteiger partial charge in [-0.25, -0.2) is 13.2 Å². The van der Waals surface area contributed by atoms with Gasteiger partial charge in [0.25, 0.3) is 0 Å². The van der Waals surface area contributed by atoms with Gasteiger partial charge in [0.2, 0.25) is 0 Å². The number of nitrogens with one attached hydrogen (secondary N) is 1. The molecule has 0 heterocycles. The fourth-order valence-corrected chi connectivity index (χ4v) is 2.93. The van der Waals surface area contributed by atoms with Gasteiger partial charge in [0.1, 0.15) is 12.4 Å². The highest BCUT2D eigenvalue weighted by molar-refractivity contribution is 7.90. The van der Waals surface area contributed by atoms with E-state index in [-0.39, 0.29) is 17.5 Å². The summed E-state index contributed by atoms with van der Waals surface area (Å²) < 4.78 is 33.6. The first kappa shape index (κ1) is 20.7. The van der Waals surface area contributed by atoms with Gasteiger partial charge >= 0.3 is 6.03 Å². The second-order valence-electron chi connectivity index (χ2n) is 5.87. The number of anilines is 1. The molecule has 2 aromatic carbocycles. The van der Waals surface area contributed by atoms with Crippen LogP contribution in [0.4, 0.5) is 10.5 Å². The Kier molecular flexibility index (Phi) is 7.63. The van der Waals surface area contributed by atoms with E-state index in [2.05, 4.69) is 5.32 Å². The van der Waals surface area contributed by atoms with Crippen molar-refractivity contribution in [3.8, 4) is 5.75 Å². The number of carbonyl (C=O) groups excluding carboxylic acids is 1. The molecule has 0 unspecified atom stereocenters. The maximum absolute atomic E-state index is 12.5. The molecule has 2 rings (SSSR count). The first-order valence-corrected chi connectivity index (χ1v) is 10.3. The second kappa shape index (κ2) is 9.94. The lowest BCUT2D eigenvalue weighted by molar-refractivity contribution is 0.145. The molecule has 0 aliphatic heterocycles. The van der Waals surface area contributed by atoms with Crippen molar-refractivity contribution in [3.63, 3.8) is 0 Å². The van der Waals surface area contributed by atoms with Crippen LogP contribution in [0.15, 0.2) is 59.5 Å². The molecule has 0 aliphatic carbocycles. The number of carbonyl (C=O) groups is 1. The molecule has 1 N–H and O–H groups in total. The van der Waals surface area contributed by atoms with E-state index < -0.39 is 9.84 Å². The zero-order valence-electron chi connectivity index (χ0n) is 15.4. The number of benzene rings is 2. The molecule has 0 radical (unpaired) electrons. The van der Waals surface area contributed by atoms with Crippen molar-refractivity contribution >= 4 is 21.6 Å². The summed E-state index contributed by atoms with van der Waals surface area (Å²) in [6.45, 7) is 1.46. The Labute approximate surface area is 159 Å². The zero-order chi connectivity index (χ0) is 19.7. The molecule has 0 fully saturated rings. The summed E-state index contributed by atoms with van der Waals surface area (Å²) in [7, 11) is -1.66. The van der Waals surface area contributed by atoms with Gasteiger partial charge < -0.3 is 19.7 Å². The number of urea groups is 1. The first-order valence-electron chi connectivity index (χ1n) is 8.43. The van der Waals surface area contributed by atoms with Crippen LogP contribution < -0.4 is 10.1 Å². The number of sulfone groups is 1. The van der Waals surface area contributed by atoms with Crippen LogP contribution in [0.25, 0.3) is 0 Å². The molecule has 0 saturated heterocycles. The molecular weight excluding hydrogens is 368 g/mol. The van der Waals surface area contributed by atoms with E-state index in [0.717, 1.165) is 6.26 Å². The molecule has 7 nitrogen and oxygen atoms in total. The Morgan fingerprint density at radius 1 is 1.00 bits per heavy atom. The molecule has 2 amide bonds. The van der Waals surface area contributed by atoms with E-state index in [9.17, 15) is 13.2 Å². The third kappa shape index (κ3) is 6.92. The number of methoxy groups -OCH3 is 1. The summed E-state index contributed by atoms with van der Waals surface area (Å²) in [5, 5.41) is 2.83. The Bertz CT molecular complexity index is 823. The summed E-state index contributed by atoms with van der Waals surface area (Å²) >= 11 is 0. The Morgan fingerprint density at radius 3 is 2.22 bits per heavy atom. The number of hydrogen-bond acceptors (Lipinski definition) is 5. The van der Waals surface area contributed by atoms with Gasteiger partial charge in [-0.05, 0) is 36.4 Å². The van der Waals surface area contributed by atoms with E-state index in [1.54, 1.807) is 24.1 Å². The smallest absolute Gasteiger partial charge is 0.322 e. The van der Waals surface area contributed by atoms with Crippen LogP contribution in [0.5, 0.6) is 5.75 Å². The van der Waals surface area contributed by atoms with Gasteiger partial charge in [0, 0.05) is 25.6 Å². The van der Waals surface area contributed by atoms with Gasteiger partial charge in [-0.3, -0.25) is 0 Å². The highest BCUT2D eigenvalue weighted by atomic mass is 32.2. The third-order valence-corrected chi connectivity index (χ3v) is 4.89. The molecule has 0 aromatic heterocycles. The standard InChI is InChI=1S/C19H24N2O5S/c1-25-14-12-21(19(22)20-16-6-4-3-5-7-16)13-15-26-17-8-10-18(11-9-17)27(2,23)24/h3-11H,12-15H2,1-2H3,(H,20,22). The highest BCUT2D eigenvalue weighted by Gasteiger charge is 2.14. The fraction of sp³-hybridized carbons (Fsp3) is 0.316. The SMILES string of the molecule is COCCN(CCOc1ccc(S(C)(=O)=O)cc1)C(=O)Nc1ccccc1. The van der Waals surface area contributed by atoms with Crippen LogP contribution in [0.1, 0.15) is 0 Å². The number of nitrogens with zero attached hydrogens (tertiary/aromatic N) is 1. The predicted octanol–water partition coefficient (Wildman–Crippen LogP) is 2.65. The van der Waals surface area contributed by atoms with E-state index in [0.29, 0.717) is 31.1 Å². The summed E-state index contributed by atoms with van der Waals surface area (Å²) in [5.41, 5.74) is 0.710. The van der Waals surface area contributed by atoms with Crippen LogP contribution >= 0.6 is 0 Å². The van der Waals surface area contributed by atoms with Gasteiger partial charge in [-0.15, -0.1) is 0 Å². The fourth-order valence-electron chi connectivity index (χ4n) is 2.30. The Balaban J connectivity index is 1.90. The lowest BCUT2D eigenvalue weighted by Crippen LogP contribution is -2.40. The normalized spacial score (nSPS) is 11.0. The van der Waals surface area contributed by atoms with E-state index in [1.165, 1.54) is 12.1 Å². The number of amides is 2. The molecule has 0 bridgehead atoms. The summed E-state index contributed by atoms with van der Waals surface area (Å²) in [4.78, 5) is 14.3. The second-order valence-corrected chi connectivity index (χ2v) is 7.88. The summed E-state index contributed by atoms with van der Waals surface area (Å²) in [6, 6.07) is 15.1. The molecule has 0 spiro atoms. The minimum absolute atomic E-state index is 0.235. The third-order valence-electron chi connectivity index (χ3n) is 3.76. The van der Waals surface area contributed by atoms with Crippen molar-refractivity contribution in [3.05, 3.63) is 54.6 Å². The Hall–Kier alpha value is -2.58. The lowest BCUT2D eigenvalue weighted by Gasteiger charge is -2.23. The number of rotatable bonds is 9. The highest BCUT2D eigenvalue weighted by Crippen LogP contribution is 2.16. The van der Waals surface area contributed by atoms with Crippen LogP contribution in [-0.4, -0.2) is 59.0 Å². The maximum atomic E-state index is 12.5. The molecular formula is C19H24N2O5S. The van der Waals surface area contributed by atoms with Crippen molar-refractivity contribution in [2.24, 2.45) is 0 Å².